The van der Waals surface area contributed by atoms with Gasteiger partial charge in [-0.1, -0.05) is 13.8 Å². The number of piperidine rings is 1. The number of hydrogen-bond donors (Lipinski definition) is 1. The maximum atomic E-state index is 13.0. The predicted molar refractivity (Wildman–Crippen MR) is 93.9 cm³/mol. The Hall–Kier alpha value is -1.14. The second-order valence-electron chi connectivity index (χ2n) is 8.80. The van der Waals surface area contributed by atoms with Crippen molar-refractivity contribution < 1.29 is 14.3 Å². The van der Waals surface area contributed by atoms with Crippen LogP contribution in [-0.2, 0) is 14.3 Å². The number of amides is 2. The van der Waals surface area contributed by atoms with E-state index in [-0.39, 0.29) is 23.3 Å². The van der Waals surface area contributed by atoms with Crippen molar-refractivity contribution in [3.63, 3.8) is 0 Å². The SMILES string of the molecule is CC(C)C1CCN(C(=O)C(=O)N2CC3(CCNCC3)[C@@H]3COC[C@@H]32)C1. The summed E-state index contributed by atoms with van der Waals surface area (Å²) in [4.78, 5) is 29.5. The van der Waals surface area contributed by atoms with Gasteiger partial charge in [-0.05, 0) is 49.6 Å². The van der Waals surface area contributed by atoms with Crippen molar-refractivity contribution in [2.45, 2.75) is 39.2 Å². The topological polar surface area (TPSA) is 61.9 Å². The normalized spacial score (nSPS) is 34.1. The van der Waals surface area contributed by atoms with E-state index in [1.165, 1.54) is 0 Å². The van der Waals surface area contributed by atoms with Crippen molar-refractivity contribution in [2.24, 2.45) is 23.2 Å². The van der Waals surface area contributed by atoms with Crippen LogP contribution < -0.4 is 5.32 Å². The first-order valence-electron chi connectivity index (χ1n) is 9.90. The van der Waals surface area contributed by atoms with E-state index in [4.69, 9.17) is 4.74 Å². The van der Waals surface area contributed by atoms with Gasteiger partial charge >= 0.3 is 11.8 Å². The van der Waals surface area contributed by atoms with Gasteiger partial charge in [-0.2, -0.15) is 0 Å². The highest BCUT2D eigenvalue weighted by Gasteiger charge is 2.57. The zero-order chi connectivity index (χ0) is 17.6. The molecule has 4 heterocycles. The van der Waals surface area contributed by atoms with Gasteiger partial charge in [-0.25, -0.2) is 0 Å². The molecule has 4 saturated heterocycles. The number of carbonyl (C=O) groups is 2. The Morgan fingerprint density at radius 2 is 1.92 bits per heavy atom. The van der Waals surface area contributed by atoms with Crippen molar-refractivity contribution in [1.29, 1.82) is 0 Å². The lowest BCUT2D eigenvalue weighted by molar-refractivity contribution is -0.152. The summed E-state index contributed by atoms with van der Waals surface area (Å²) in [7, 11) is 0. The van der Waals surface area contributed by atoms with Crippen molar-refractivity contribution >= 4 is 11.8 Å². The number of fused-ring (bicyclic) bond motifs is 2. The fourth-order valence-corrected chi connectivity index (χ4v) is 5.46. The summed E-state index contributed by atoms with van der Waals surface area (Å²) < 4.78 is 5.73. The average Bonchev–Trinajstić information content (AvgIpc) is 3.32. The van der Waals surface area contributed by atoms with Crippen LogP contribution in [0.15, 0.2) is 0 Å². The zero-order valence-corrected chi connectivity index (χ0v) is 15.5. The largest absolute Gasteiger partial charge is 0.379 e. The Bertz CT molecular complexity index is 544. The molecule has 4 aliphatic rings. The van der Waals surface area contributed by atoms with Crippen LogP contribution >= 0.6 is 0 Å². The molecule has 140 valence electrons. The van der Waals surface area contributed by atoms with Gasteiger partial charge in [0, 0.05) is 25.6 Å². The minimum atomic E-state index is -0.292. The molecule has 0 aromatic heterocycles. The van der Waals surface area contributed by atoms with Crippen LogP contribution in [0.2, 0.25) is 0 Å². The lowest BCUT2D eigenvalue weighted by atomic mass is 9.70. The molecule has 0 bridgehead atoms. The maximum Gasteiger partial charge on any atom is 0.312 e. The van der Waals surface area contributed by atoms with Crippen LogP contribution in [0.5, 0.6) is 0 Å². The van der Waals surface area contributed by atoms with Crippen LogP contribution in [0.25, 0.3) is 0 Å². The fourth-order valence-electron chi connectivity index (χ4n) is 5.46. The molecule has 4 aliphatic heterocycles. The third-order valence-corrected chi connectivity index (χ3v) is 7.22. The number of rotatable bonds is 1. The van der Waals surface area contributed by atoms with E-state index in [2.05, 4.69) is 19.2 Å². The molecule has 4 rings (SSSR count). The Kier molecular flexibility index (Phi) is 4.52. The molecule has 1 spiro atoms. The smallest absolute Gasteiger partial charge is 0.312 e. The van der Waals surface area contributed by atoms with Gasteiger partial charge in [0.05, 0.1) is 19.3 Å². The van der Waals surface area contributed by atoms with E-state index in [0.717, 1.165) is 58.6 Å². The Morgan fingerprint density at radius 3 is 2.60 bits per heavy atom. The zero-order valence-electron chi connectivity index (χ0n) is 15.5. The minimum Gasteiger partial charge on any atom is -0.379 e. The lowest BCUT2D eigenvalue weighted by Gasteiger charge is -2.37. The predicted octanol–water partition coefficient (Wildman–Crippen LogP) is 0.718. The van der Waals surface area contributed by atoms with E-state index in [1.807, 2.05) is 4.90 Å². The van der Waals surface area contributed by atoms with Crippen molar-refractivity contribution in [1.82, 2.24) is 15.1 Å². The molecule has 0 aliphatic carbocycles. The summed E-state index contributed by atoms with van der Waals surface area (Å²) in [6.07, 6.45) is 3.17. The molecule has 2 amide bonds. The second-order valence-corrected chi connectivity index (χ2v) is 8.80. The maximum absolute atomic E-state index is 13.0. The third-order valence-electron chi connectivity index (χ3n) is 7.22. The molecule has 0 radical (unpaired) electrons. The van der Waals surface area contributed by atoms with E-state index in [9.17, 15) is 9.59 Å². The highest BCUT2D eigenvalue weighted by atomic mass is 16.5. The first-order chi connectivity index (χ1) is 12.0. The van der Waals surface area contributed by atoms with Gasteiger partial charge in [0.15, 0.2) is 0 Å². The van der Waals surface area contributed by atoms with Gasteiger partial charge in [0.2, 0.25) is 0 Å². The average molecular weight is 349 g/mol. The molecule has 0 aromatic carbocycles. The first kappa shape index (κ1) is 17.3. The van der Waals surface area contributed by atoms with E-state index in [0.29, 0.717) is 24.4 Å². The highest BCUT2D eigenvalue weighted by molar-refractivity contribution is 6.35. The fraction of sp³-hybridized carbons (Fsp3) is 0.895. The van der Waals surface area contributed by atoms with Gasteiger partial charge in [-0.15, -0.1) is 0 Å². The van der Waals surface area contributed by atoms with Gasteiger partial charge in [0.25, 0.3) is 0 Å². The van der Waals surface area contributed by atoms with Crippen molar-refractivity contribution in [2.75, 3.05) is 45.9 Å². The van der Waals surface area contributed by atoms with Gasteiger partial charge < -0.3 is 19.9 Å². The van der Waals surface area contributed by atoms with Gasteiger partial charge in [-0.3, -0.25) is 9.59 Å². The minimum absolute atomic E-state index is 0.0954. The number of ether oxygens (including phenoxy) is 1. The molecule has 0 aromatic rings. The van der Waals surface area contributed by atoms with Crippen LogP contribution in [0.1, 0.15) is 33.1 Å². The molecule has 1 unspecified atom stereocenters. The molecule has 1 N–H and O–H groups in total. The molecule has 25 heavy (non-hydrogen) atoms. The summed E-state index contributed by atoms with van der Waals surface area (Å²) >= 11 is 0. The quantitative estimate of drug-likeness (QED) is 0.709. The lowest BCUT2D eigenvalue weighted by Crippen LogP contribution is -2.48. The van der Waals surface area contributed by atoms with Crippen LogP contribution in [-0.4, -0.2) is 73.6 Å². The molecule has 0 saturated carbocycles. The van der Waals surface area contributed by atoms with E-state index >= 15 is 0 Å². The first-order valence-corrected chi connectivity index (χ1v) is 9.90. The van der Waals surface area contributed by atoms with E-state index < -0.39 is 0 Å². The number of nitrogens with zero attached hydrogens (tertiary/aromatic N) is 2. The monoisotopic (exact) mass is 349 g/mol. The van der Waals surface area contributed by atoms with Crippen LogP contribution in [0, 0.1) is 23.2 Å². The second kappa shape index (κ2) is 6.54. The Morgan fingerprint density at radius 1 is 1.16 bits per heavy atom. The number of carbonyl (C=O) groups excluding carboxylic acids is 2. The number of likely N-dealkylation sites (tertiary alicyclic amines) is 2. The van der Waals surface area contributed by atoms with Crippen LogP contribution in [0.4, 0.5) is 0 Å². The highest BCUT2D eigenvalue weighted by Crippen LogP contribution is 2.49. The Balaban J connectivity index is 1.47. The third kappa shape index (κ3) is 2.87. The Labute approximate surface area is 150 Å². The number of nitrogens with one attached hydrogen (secondary N) is 1. The van der Waals surface area contributed by atoms with Crippen LogP contribution in [0.3, 0.4) is 0 Å². The summed E-state index contributed by atoms with van der Waals surface area (Å²) in [5.74, 6) is 0.896. The summed E-state index contributed by atoms with van der Waals surface area (Å²) in [6, 6.07) is 0.0954. The molecule has 4 fully saturated rings. The molecule has 6 heteroatoms. The molecule has 3 atom stereocenters. The van der Waals surface area contributed by atoms with Crippen molar-refractivity contribution in [3.05, 3.63) is 0 Å². The molecular weight excluding hydrogens is 318 g/mol. The van der Waals surface area contributed by atoms with Gasteiger partial charge in [0.1, 0.15) is 0 Å². The van der Waals surface area contributed by atoms with Crippen molar-refractivity contribution in [3.8, 4) is 0 Å². The molecular formula is C19H31N3O3. The molecule has 6 nitrogen and oxygen atoms in total. The summed E-state index contributed by atoms with van der Waals surface area (Å²) in [6.45, 7) is 9.92. The summed E-state index contributed by atoms with van der Waals surface area (Å²) in [5.41, 5.74) is 0.147. The van der Waals surface area contributed by atoms with E-state index in [1.54, 1.807) is 4.90 Å². The standard InChI is InChI=1S/C19H31N3O3/c1-13(2)14-3-8-21(9-14)17(23)18(24)22-12-19(4-6-20-7-5-19)15-10-25-11-16(15)22/h13-16,20H,3-12H2,1-2H3/t14?,15-,16+/m1/s1. The number of hydrogen-bond acceptors (Lipinski definition) is 4. The summed E-state index contributed by atoms with van der Waals surface area (Å²) in [5, 5.41) is 3.42.